The first-order valence-corrected chi connectivity index (χ1v) is 5.95. The lowest BCUT2D eigenvalue weighted by atomic mass is 9.97. The summed E-state index contributed by atoms with van der Waals surface area (Å²) in [6, 6.07) is 0.265. The summed E-state index contributed by atoms with van der Waals surface area (Å²) >= 11 is 0. The van der Waals surface area contributed by atoms with Gasteiger partial charge in [-0.2, -0.15) is 0 Å². The number of allylic oxidation sites excluding steroid dienone is 2. The number of piperidine rings is 1. The third-order valence-corrected chi connectivity index (χ3v) is 3.10. The van der Waals surface area contributed by atoms with Gasteiger partial charge in [0.25, 0.3) is 0 Å². The molecule has 1 aliphatic rings. The van der Waals surface area contributed by atoms with Crippen molar-refractivity contribution >= 4 is 5.91 Å². The molecule has 0 aromatic heterocycles. The second-order valence-electron chi connectivity index (χ2n) is 4.41. The lowest BCUT2D eigenvalue weighted by Crippen LogP contribution is -2.45. The summed E-state index contributed by atoms with van der Waals surface area (Å²) in [7, 11) is 0. The molecule has 3 nitrogen and oxygen atoms in total. The van der Waals surface area contributed by atoms with Gasteiger partial charge in [0.2, 0.25) is 5.91 Å². The van der Waals surface area contributed by atoms with Crippen molar-refractivity contribution < 1.29 is 4.79 Å². The van der Waals surface area contributed by atoms with E-state index >= 15 is 0 Å². The number of hydrogen-bond donors (Lipinski definition) is 1. The molecule has 0 saturated carbocycles. The maximum Gasteiger partial charge on any atom is 0.226 e. The molecule has 1 aliphatic heterocycles. The number of carbonyl (C=O) groups is 1. The number of nitrogens with two attached hydrogens (primary N) is 1. The summed E-state index contributed by atoms with van der Waals surface area (Å²) in [5, 5.41) is 0. The van der Waals surface area contributed by atoms with Crippen LogP contribution in [0.2, 0.25) is 0 Å². The Balaban J connectivity index is 2.52. The van der Waals surface area contributed by atoms with E-state index in [2.05, 4.69) is 13.2 Å². The van der Waals surface area contributed by atoms with Crippen molar-refractivity contribution in [3.63, 3.8) is 0 Å². The molecule has 3 heteroatoms. The molecular weight excluding hydrogens is 200 g/mol. The van der Waals surface area contributed by atoms with Crippen molar-refractivity contribution in [3.8, 4) is 0 Å². The molecule has 0 bridgehead atoms. The van der Waals surface area contributed by atoms with E-state index in [9.17, 15) is 4.79 Å². The Morgan fingerprint density at radius 1 is 1.31 bits per heavy atom. The second kappa shape index (κ2) is 6.48. The van der Waals surface area contributed by atoms with Crippen molar-refractivity contribution in [2.24, 2.45) is 11.7 Å². The van der Waals surface area contributed by atoms with E-state index < -0.39 is 0 Å². The van der Waals surface area contributed by atoms with Crippen LogP contribution >= 0.6 is 0 Å². The average Bonchev–Trinajstić information content (AvgIpc) is 2.29. The van der Waals surface area contributed by atoms with Crippen LogP contribution in [0.3, 0.4) is 0 Å². The molecule has 0 unspecified atom stereocenters. The van der Waals surface area contributed by atoms with Crippen LogP contribution in [0.15, 0.2) is 25.3 Å². The fraction of sp³-hybridized carbons (Fsp3) is 0.615. The van der Waals surface area contributed by atoms with Crippen molar-refractivity contribution in [2.45, 2.75) is 31.7 Å². The Morgan fingerprint density at radius 3 is 2.25 bits per heavy atom. The first-order valence-electron chi connectivity index (χ1n) is 5.95. The maximum absolute atomic E-state index is 12.2. The van der Waals surface area contributed by atoms with Crippen LogP contribution in [0.4, 0.5) is 0 Å². The molecule has 1 fully saturated rings. The summed E-state index contributed by atoms with van der Waals surface area (Å²) < 4.78 is 0. The van der Waals surface area contributed by atoms with E-state index in [1.165, 1.54) is 0 Å². The number of nitrogens with zero attached hydrogens (tertiary/aromatic N) is 1. The highest BCUT2D eigenvalue weighted by Crippen LogP contribution is 2.17. The van der Waals surface area contributed by atoms with Crippen LogP contribution < -0.4 is 5.73 Å². The summed E-state index contributed by atoms with van der Waals surface area (Å²) in [5.41, 5.74) is 5.82. The largest absolute Gasteiger partial charge is 0.342 e. The Kier molecular flexibility index (Phi) is 5.26. The van der Waals surface area contributed by atoms with Gasteiger partial charge in [-0.25, -0.2) is 0 Å². The molecule has 90 valence electrons. The van der Waals surface area contributed by atoms with E-state index in [4.69, 9.17) is 5.73 Å². The first kappa shape index (κ1) is 13.0. The average molecular weight is 222 g/mol. The van der Waals surface area contributed by atoms with Gasteiger partial charge in [-0.15, -0.1) is 13.2 Å². The van der Waals surface area contributed by atoms with E-state index in [-0.39, 0.29) is 17.9 Å². The summed E-state index contributed by atoms with van der Waals surface area (Å²) in [6.45, 7) is 8.99. The minimum Gasteiger partial charge on any atom is -0.342 e. The number of likely N-dealkylation sites (tertiary alicyclic amines) is 1. The number of amides is 1. The van der Waals surface area contributed by atoms with Crippen LogP contribution in [0, 0.1) is 5.92 Å². The van der Waals surface area contributed by atoms with Crippen molar-refractivity contribution in [2.75, 3.05) is 13.1 Å². The molecule has 0 radical (unpaired) electrons. The zero-order valence-corrected chi connectivity index (χ0v) is 9.90. The third-order valence-electron chi connectivity index (χ3n) is 3.10. The van der Waals surface area contributed by atoms with Crippen molar-refractivity contribution in [1.29, 1.82) is 0 Å². The highest BCUT2D eigenvalue weighted by atomic mass is 16.2. The van der Waals surface area contributed by atoms with Crippen molar-refractivity contribution in [3.05, 3.63) is 25.3 Å². The second-order valence-corrected chi connectivity index (χ2v) is 4.41. The molecule has 1 amide bonds. The minimum absolute atomic E-state index is 0.0179. The van der Waals surface area contributed by atoms with Crippen LogP contribution in [0.25, 0.3) is 0 Å². The fourth-order valence-corrected chi connectivity index (χ4v) is 2.08. The van der Waals surface area contributed by atoms with Gasteiger partial charge in [-0.1, -0.05) is 12.2 Å². The molecule has 0 spiro atoms. The maximum atomic E-state index is 12.2. The highest BCUT2D eigenvalue weighted by Gasteiger charge is 2.25. The van der Waals surface area contributed by atoms with E-state index in [0.717, 1.165) is 38.8 Å². The first-order chi connectivity index (χ1) is 7.69. The van der Waals surface area contributed by atoms with E-state index in [1.54, 1.807) is 0 Å². The van der Waals surface area contributed by atoms with Crippen LogP contribution in [-0.2, 0) is 4.79 Å². The lowest BCUT2D eigenvalue weighted by molar-refractivity contribution is -0.136. The molecule has 1 heterocycles. The Morgan fingerprint density at radius 2 is 1.81 bits per heavy atom. The molecular formula is C13H22N2O. The molecule has 0 aromatic carbocycles. The number of rotatable bonds is 5. The summed E-state index contributed by atoms with van der Waals surface area (Å²) in [6.07, 6.45) is 6.91. The monoisotopic (exact) mass is 222 g/mol. The normalized spacial score (nSPS) is 17.5. The predicted octanol–water partition coefficient (Wildman–Crippen LogP) is 1.70. The van der Waals surface area contributed by atoms with Gasteiger partial charge in [0.05, 0.1) is 0 Å². The molecule has 0 aliphatic carbocycles. The zero-order chi connectivity index (χ0) is 12.0. The Hall–Kier alpha value is -1.09. The van der Waals surface area contributed by atoms with Gasteiger partial charge in [0, 0.05) is 25.0 Å². The third kappa shape index (κ3) is 3.49. The van der Waals surface area contributed by atoms with Gasteiger partial charge in [-0.05, 0) is 25.7 Å². The quantitative estimate of drug-likeness (QED) is 0.720. The smallest absolute Gasteiger partial charge is 0.226 e. The van der Waals surface area contributed by atoms with Gasteiger partial charge in [0.15, 0.2) is 0 Å². The molecule has 16 heavy (non-hydrogen) atoms. The van der Waals surface area contributed by atoms with E-state index in [0.29, 0.717) is 0 Å². The minimum atomic E-state index is 0.0179. The van der Waals surface area contributed by atoms with Crippen molar-refractivity contribution in [1.82, 2.24) is 4.90 Å². The Labute approximate surface area is 98.0 Å². The summed E-state index contributed by atoms with van der Waals surface area (Å²) in [4.78, 5) is 14.1. The van der Waals surface area contributed by atoms with Gasteiger partial charge >= 0.3 is 0 Å². The van der Waals surface area contributed by atoms with Crippen LogP contribution in [0.1, 0.15) is 25.7 Å². The zero-order valence-electron chi connectivity index (χ0n) is 9.90. The molecule has 2 N–H and O–H groups in total. The SMILES string of the molecule is C=CCC(CC=C)C(=O)N1CCC(N)CC1. The van der Waals surface area contributed by atoms with Gasteiger partial charge in [-0.3, -0.25) is 4.79 Å². The standard InChI is InChI=1S/C13H22N2O/c1-3-5-11(6-4-2)13(16)15-9-7-12(14)8-10-15/h3-4,11-12H,1-2,5-10,14H2. The molecule has 0 aromatic rings. The van der Waals surface area contributed by atoms with Crippen LogP contribution in [0.5, 0.6) is 0 Å². The Bertz CT molecular complexity index is 245. The van der Waals surface area contributed by atoms with Gasteiger partial charge in [0.1, 0.15) is 0 Å². The van der Waals surface area contributed by atoms with E-state index in [1.807, 2.05) is 17.1 Å². The number of carbonyl (C=O) groups excluding carboxylic acids is 1. The van der Waals surface area contributed by atoms with Gasteiger partial charge < -0.3 is 10.6 Å². The fourth-order valence-electron chi connectivity index (χ4n) is 2.08. The number of hydrogen-bond acceptors (Lipinski definition) is 2. The molecule has 0 atom stereocenters. The summed E-state index contributed by atoms with van der Waals surface area (Å²) in [5.74, 6) is 0.246. The van der Waals surface area contributed by atoms with Crippen LogP contribution in [-0.4, -0.2) is 29.9 Å². The predicted molar refractivity (Wildman–Crippen MR) is 66.9 cm³/mol. The molecule has 1 saturated heterocycles. The topological polar surface area (TPSA) is 46.3 Å². The molecule has 1 rings (SSSR count). The lowest BCUT2D eigenvalue weighted by Gasteiger charge is -2.32. The highest BCUT2D eigenvalue weighted by molar-refractivity contribution is 5.79.